The van der Waals surface area contributed by atoms with E-state index < -0.39 is 11.7 Å². The zero-order valence-corrected chi connectivity index (χ0v) is 9.44. The van der Waals surface area contributed by atoms with Gasteiger partial charge in [0.05, 0.1) is 5.56 Å². The Morgan fingerprint density at radius 2 is 1.89 bits per heavy atom. The van der Waals surface area contributed by atoms with Gasteiger partial charge in [0.25, 0.3) is 0 Å². The second-order valence-corrected chi connectivity index (χ2v) is 4.30. The summed E-state index contributed by atoms with van der Waals surface area (Å²) in [6, 6.07) is 4.46. The second kappa shape index (κ2) is 4.61. The number of halogens is 3. The fraction of sp³-hybridized carbons (Fsp3) is 0.417. The van der Waals surface area contributed by atoms with Crippen LogP contribution in [0.25, 0.3) is 0 Å². The number of carbonyl (C=O) groups is 1. The molecule has 3 nitrogen and oxygen atoms in total. The standard InChI is InChI=1S/C12H12F3NO2/c13-12(14,15)9-1-3-10(4-2-9)16-6-8(7-17)5-11(16)18/h1-4,8,17H,5-7H2. The molecule has 0 spiro atoms. The quantitative estimate of drug-likeness (QED) is 0.883. The van der Waals surface area contributed by atoms with Crippen LogP contribution in [-0.2, 0) is 11.0 Å². The molecule has 0 saturated carbocycles. The first kappa shape index (κ1) is 12.9. The Hall–Kier alpha value is -1.56. The number of amides is 1. The minimum absolute atomic E-state index is 0.0944. The molecule has 1 aliphatic heterocycles. The van der Waals surface area contributed by atoms with Crippen molar-refractivity contribution in [2.75, 3.05) is 18.1 Å². The van der Waals surface area contributed by atoms with Gasteiger partial charge < -0.3 is 10.0 Å². The molecule has 1 aromatic rings. The summed E-state index contributed by atoms with van der Waals surface area (Å²) in [7, 11) is 0. The number of nitrogens with zero attached hydrogens (tertiary/aromatic N) is 1. The van der Waals surface area contributed by atoms with Gasteiger partial charge in [-0.2, -0.15) is 13.2 Å². The molecular formula is C12H12F3NO2. The lowest BCUT2D eigenvalue weighted by Gasteiger charge is -2.17. The molecule has 1 atom stereocenters. The van der Waals surface area contributed by atoms with Crippen LogP contribution in [0.1, 0.15) is 12.0 Å². The summed E-state index contributed by atoms with van der Waals surface area (Å²) in [5, 5.41) is 8.97. The summed E-state index contributed by atoms with van der Waals surface area (Å²) >= 11 is 0. The Kier molecular flexibility index (Phi) is 3.30. The minimum atomic E-state index is -4.37. The molecule has 1 N–H and O–H groups in total. The number of carbonyl (C=O) groups excluding carboxylic acids is 1. The topological polar surface area (TPSA) is 40.5 Å². The van der Waals surface area contributed by atoms with E-state index in [4.69, 9.17) is 5.11 Å². The smallest absolute Gasteiger partial charge is 0.396 e. The molecule has 1 fully saturated rings. The van der Waals surface area contributed by atoms with Crippen LogP contribution in [0, 0.1) is 5.92 Å². The first-order valence-corrected chi connectivity index (χ1v) is 5.50. The van der Waals surface area contributed by atoms with Crippen LogP contribution in [0.3, 0.4) is 0 Å². The summed E-state index contributed by atoms with van der Waals surface area (Å²) in [4.78, 5) is 13.0. The highest BCUT2D eigenvalue weighted by Gasteiger charge is 2.32. The van der Waals surface area contributed by atoms with Crippen molar-refractivity contribution in [3.8, 4) is 0 Å². The fourth-order valence-corrected chi connectivity index (χ4v) is 1.98. The third-order valence-corrected chi connectivity index (χ3v) is 2.97. The molecule has 1 aliphatic rings. The van der Waals surface area contributed by atoms with Gasteiger partial charge >= 0.3 is 6.18 Å². The Morgan fingerprint density at radius 3 is 2.33 bits per heavy atom. The predicted octanol–water partition coefficient (Wildman–Crippen LogP) is 2.05. The van der Waals surface area contributed by atoms with E-state index in [1.54, 1.807) is 0 Å². The van der Waals surface area contributed by atoms with Gasteiger partial charge in [-0.15, -0.1) is 0 Å². The maximum atomic E-state index is 12.4. The van der Waals surface area contributed by atoms with E-state index in [1.807, 2.05) is 0 Å². The average molecular weight is 259 g/mol. The van der Waals surface area contributed by atoms with Crippen molar-refractivity contribution in [3.63, 3.8) is 0 Å². The van der Waals surface area contributed by atoms with E-state index in [2.05, 4.69) is 0 Å². The van der Waals surface area contributed by atoms with Gasteiger partial charge in [0.1, 0.15) is 0 Å². The fourth-order valence-electron chi connectivity index (χ4n) is 1.98. The lowest BCUT2D eigenvalue weighted by atomic mass is 10.1. The van der Waals surface area contributed by atoms with E-state index in [0.717, 1.165) is 12.1 Å². The predicted molar refractivity (Wildman–Crippen MR) is 59.0 cm³/mol. The number of anilines is 1. The lowest BCUT2D eigenvalue weighted by molar-refractivity contribution is -0.137. The van der Waals surface area contributed by atoms with Crippen LogP contribution in [0.15, 0.2) is 24.3 Å². The molecule has 98 valence electrons. The Labute approximate surface area is 102 Å². The zero-order chi connectivity index (χ0) is 13.3. The first-order valence-electron chi connectivity index (χ1n) is 5.50. The van der Waals surface area contributed by atoms with Gasteiger partial charge in [0, 0.05) is 31.2 Å². The van der Waals surface area contributed by atoms with Crippen molar-refractivity contribution < 1.29 is 23.1 Å². The minimum Gasteiger partial charge on any atom is -0.396 e. The Bertz CT molecular complexity index is 442. The molecule has 1 aromatic carbocycles. The van der Waals surface area contributed by atoms with E-state index in [0.29, 0.717) is 12.2 Å². The summed E-state index contributed by atoms with van der Waals surface area (Å²) in [5.74, 6) is -0.311. The third-order valence-electron chi connectivity index (χ3n) is 2.97. The number of aliphatic hydroxyl groups excluding tert-OH is 1. The molecule has 0 radical (unpaired) electrons. The van der Waals surface area contributed by atoms with Gasteiger partial charge in [-0.25, -0.2) is 0 Å². The SMILES string of the molecule is O=C1CC(CO)CN1c1ccc(C(F)(F)F)cc1. The van der Waals surface area contributed by atoms with Crippen LogP contribution in [0.2, 0.25) is 0 Å². The number of hydrogen-bond donors (Lipinski definition) is 1. The average Bonchev–Trinajstić information content (AvgIpc) is 2.70. The number of aliphatic hydroxyl groups is 1. The van der Waals surface area contributed by atoms with Gasteiger partial charge in [-0.1, -0.05) is 0 Å². The molecule has 6 heteroatoms. The molecule has 1 heterocycles. The number of alkyl halides is 3. The molecule has 0 bridgehead atoms. The summed E-state index contributed by atoms with van der Waals surface area (Å²) in [6.07, 6.45) is -4.14. The summed E-state index contributed by atoms with van der Waals surface area (Å²) in [6.45, 7) is 0.254. The molecule has 1 amide bonds. The van der Waals surface area contributed by atoms with Crippen LogP contribution in [-0.4, -0.2) is 24.2 Å². The van der Waals surface area contributed by atoms with Gasteiger partial charge in [-0.3, -0.25) is 4.79 Å². The van der Waals surface area contributed by atoms with Crippen molar-refractivity contribution in [1.29, 1.82) is 0 Å². The highest BCUT2D eigenvalue weighted by atomic mass is 19.4. The monoisotopic (exact) mass is 259 g/mol. The summed E-state index contributed by atoms with van der Waals surface area (Å²) in [5.41, 5.74) is -0.305. The molecule has 2 rings (SSSR count). The highest BCUT2D eigenvalue weighted by molar-refractivity contribution is 5.95. The molecule has 18 heavy (non-hydrogen) atoms. The van der Waals surface area contributed by atoms with Crippen molar-refractivity contribution in [2.45, 2.75) is 12.6 Å². The van der Waals surface area contributed by atoms with Gasteiger partial charge in [0.2, 0.25) is 5.91 Å². The Balaban J connectivity index is 2.18. The molecule has 1 unspecified atom stereocenters. The van der Waals surface area contributed by atoms with Crippen molar-refractivity contribution >= 4 is 11.6 Å². The molecule has 1 saturated heterocycles. The van der Waals surface area contributed by atoms with Crippen LogP contribution < -0.4 is 4.90 Å². The maximum Gasteiger partial charge on any atom is 0.416 e. The van der Waals surface area contributed by atoms with Crippen molar-refractivity contribution in [2.24, 2.45) is 5.92 Å². The van der Waals surface area contributed by atoms with E-state index in [-0.39, 0.29) is 24.9 Å². The number of benzene rings is 1. The zero-order valence-electron chi connectivity index (χ0n) is 9.44. The first-order chi connectivity index (χ1) is 8.41. The third kappa shape index (κ3) is 2.48. The number of hydrogen-bond acceptors (Lipinski definition) is 2. The second-order valence-electron chi connectivity index (χ2n) is 4.30. The largest absolute Gasteiger partial charge is 0.416 e. The number of rotatable bonds is 2. The molecular weight excluding hydrogens is 247 g/mol. The summed E-state index contributed by atoms with van der Waals surface area (Å²) < 4.78 is 37.1. The highest BCUT2D eigenvalue weighted by Crippen LogP contribution is 2.31. The molecule has 0 aromatic heterocycles. The molecule has 0 aliphatic carbocycles. The van der Waals surface area contributed by atoms with Crippen LogP contribution in [0.4, 0.5) is 18.9 Å². The van der Waals surface area contributed by atoms with Crippen molar-refractivity contribution in [1.82, 2.24) is 0 Å². The van der Waals surface area contributed by atoms with Crippen molar-refractivity contribution in [3.05, 3.63) is 29.8 Å². The van der Waals surface area contributed by atoms with E-state index in [9.17, 15) is 18.0 Å². The van der Waals surface area contributed by atoms with Gasteiger partial charge in [0.15, 0.2) is 0 Å². The Morgan fingerprint density at radius 1 is 1.28 bits per heavy atom. The lowest BCUT2D eigenvalue weighted by Crippen LogP contribution is -2.24. The normalized spacial score (nSPS) is 20.6. The van der Waals surface area contributed by atoms with Crippen LogP contribution in [0.5, 0.6) is 0 Å². The van der Waals surface area contributed by atoms with Crippen LogP contribution >= 0.6 is 0 Å². The maximum absolute atomic E-state index is 12.4. The van der Waals surface area contributed by atoms with E-state index >= 15 is 0 Å². The van der Waals surface area contributed by atoms with E-state index in [1.165, 1.54) is 17.0 Å². The van der Waals surface area contributed by atoms with Gasteiger partial charge in [-0.05, 0) is 24.3 Å².